The van der Waals surface area contributed by atoms with Crippen molar-refractivity contribution in [3.05, 3.63) is 33.8 Å². The third-order valence-electron chi connectivity index (χ3n) is 3.74. The van der Waals surface area contributed by atoms with Crippen molar-refractivity contribution in [2.24, 2.45) is 0 Å². The number of carbonyl (C=O) groups excluding carboxylic acids is 2. The van der Waals surface area contributed by atoms with Crippen LogP contribution in [0, 0.1) is 0 Å². The van der Waals surface area contributed by atoms with E-state index in [2.05, 4.69) is 5.32 Å². The molecule has 0 saturated carbocycles. The number of nitrogens with one attached hydrogen (secondary N) is 1. The summed E-state index contributed by atoms with van der Waals surface area (Å²) in [4.78, 5) is 26.7. The van der Waals surface area contributed by atoms with Gasteiger partial charge in [-0.2, -0.15) is 0 Å². The van der Waals surface area contributed by atoms with Crippen LogP contribution in [0.5, 0.6) is 0 Å². The summed E-state index contributed by atoms with van der Waals surface area (Å²) in [5, 5.41) is 3.80. The van der Waals surface area contributed by atoms with Gasteiger partial charge in [-0.05, 0) is 37.0 Å². The normalized spacial score (nSPS) is 11.9. The van der Waals surface area contributed by atoms with E-state index in [4.69, 9.17) is 23.2 Å². The first-order chi connectivity index (χ1) is 11.4. The van der Waals surface area contributed by atoms with Gasteiger partial charge in [0.25, 0.3) is 0 Å². The lowest BCUT2D eigenvalue weighted by molar-refractivity contribution is -0.141. The Morgan fingerprint density at radius 2 is 1.83 bits per heavy atom. The molecule has 6 heteroatoms. The smallest absolute Gasteiger partial charge is 0.242 e. The third kappa shape index (κ3) is 5.99. The lowest BCUT2D eigenvalue weighted by atomic mass is 10.1. The van der Waals surface area contributed by atoms with Crippen LogP contribution in [-0.4, -0.2) is 29.3 Å². The molecule has 0 saturated heterocycles. The molecule has 1 rings (SSSR count). The Hall–Kier alpha value is -1.26. The molecule has 1 aromatic carbocycles. The molecule has 1 atom stereocenters. The van der Waals surface area contributed by atoms with Gasteiger partial charge in [-0.1, -0.05) is 50.0 Å². The maximum absolute atomic E-state index is 12.6. The van der Waals surface area contributed by atoms with E-state index in [0.717, 1.165) is 18.4 Å². The number of hydrogen-bond acceptors (Lipinski definition) is 2. The van der Waals surface area contributed by atoms with Crippen molar-refractivity contribution in [3.8, 4) is 0 Å². The molecule has 0 spiro atoms. The molecule has 134 valence electrons. The summed E-state index contributed by atoms with van der Waals surface area (Å²) in [7, 11) is 0. The van der Waals surface area contributed by atoms with E-state index >= 15 is 0 Å². The molecule has 0 radical (unpaired) electrons. The summed E-state index contributed by atoms with van der Waals surface area (Å²) >= 11 is 12.0. The minimum Gasteiger partial charge on any atom is -0.354 e. The molecule has 1 unspecified atom stereocenters. The molecule has 2 amide bonds. The quantitative estimate of drug-likeness (QED) is 0.696. The van der Waals surface area contributed by atoms with Crippen LogP contribution in [0.3, 0.4) is 0 Å². The van der Waals surface area contributed by atoms with E-state index in [1.165, 1.54) is 0 Å². The number of carbonyl (C=O) groups is 2. The van der Waals surface area contributed by atoms with Crippen LogP contribution in [-0.2, 0) is 16.1 Å². The number of nitrogens with zero attached hydrogens (tertiary/aromatic N) is 1. The fourth-order valence-corrected chi connectivity index (χ4v) is 2.80. The lowest BCUT2D eigenvalue weighted by Gasteiger charge is -2.30. The summed E-state index contributed by atoms with van der Waals surface area (Å²) in [5.41, 5.74) is 0.857. The van der Waals surface area contributed by atoms with E-state index in [0.29, 0.717) is 36.0 Å². The Balaban J connectivity index is 3.02. The molecule has 24 heavy (non-hydrogen) atoms. The first kappa shape index (κ1) is 20.8. The largest absolute Gasteiger partial charge is 0.354 e. The average Bonchev–Trinajstić information content (AvgIpc) is 2.56. The molecule has 0 heterocycles. The number of amides is 2. The average molecular weight is 373 g/mol. The molecule has 0 aliphatic carbocycles. The Morgan fingerprint density at radius 1 is 1.12 bits per heavy atom. The van der Waals surface area contributed by atoms with Gasteiger partial charge >= 0.3 is 0 Å². The summed E-state index contributed by atoms with van der Waals surface area (Å²) in [6, 6.07) is 4.80. The highest BCUT2D eigenvalue weighted by Crippen LogP contribution is 2.24. The molecule has 0 fully saturated rings. The maximum atomic E-state index is 12.6. The van der Waals surface area contributed by atoms with E-state index in [-0.39, 0.29) is 11.8 Å². The highest BCUT2D eigenvalue weighted by Gasteiger charge is 2.27. The van der Waals surface area contributed by atoms with Crippen LogP contribution in [0.25, 0.3) is 0 Å². The standard InChI is InChI=1S/C18H26Cl2N2O2/c1-4-7-17(23)22(16(6-3)18(24)21-10-5-2)12-13-8-9-14(19)15(20)11-13/h8-9,11,16H,4-7,10,12H2,1-3H3,(H,21,24). The molecule has 1 N–H and O–H groups in total. The van der Waals surface area contributed by atoms with Gasteiger partial charge in [0.1, 0.15) is 6.04 Å². The minimum atomic E-state index is -0.481. The van der Waals surface area contributed by atoms with Crippen molar-refractivity contribution >= 4 is 35.0 Å². The Bertz CT molecular complexity index is 564. The molecule has 0 bridgehead atoms. The van der Waals surface area contributed by atoms with Crippen LogP contribution in [0.15, 0.2) is 18.2 Å². The second-order valence-corrected chi connectivity index (χ2v) is 6.55. The molecular formula is C18H26Cl2N2O2. The summed E-state index contributed by atoms with van der Waals surface area (Å²) in [6.07, 6.45) is 2.58. The number of benzene rings is 1. The molecule has 4 nitrogen and oxygen atoms in total. The van der Waals surface area contributed by atoms with E-state index in [9.17, 15) is 9.59 Å². The molecule has 0 aromatic heterocycles. The van der Waals surface area contributed by atoms with Gasteiger partial charge in [0.2, 0.25) is 11.8 Å². The summed E-state index contributed by atoms with van der Waals surface area (Å²) in [5.74, 6) is -0.133. The Morgan fingerprint density at radius 3 is 2.38 bits per heavy atom. The maximum Gasteiger partial charge on any atom is 0.242 e. The van der Waals surface area contributed by atoms with Crippen molar-refractivity contribution in [1.29, 1.82) is 0 Å². The van der Waals surface area contributed by atoms with E-state index in [1.54, 1.807) is 17.0 Å². The molecule has 0 aliphatic heterocycles. The monoisotopic (exact) mass is 372 g/mol. The summed E-state index contributed by atoms with van der Waals surface area (Å²) in [6.45, 7) is 6.81. The number of rotatable bonds is 9. The number of halogens is 2. The van der Waals surface area contributed by atoms with E-state index in [1.807, 2.05) is 26.8 Å². The van der Waals surface area contributed by atoms with Crippen LogP contribution in [0.1, 0.15) is 52.0 Å². The third-order valence-corrected chi connectivity index (χ3v) is 4.47. The van der Waals surface area contributed by atoms with Crippen LogP contribution in [0.2, 0.25) is 10.0 Å². The van der Waals surface area contributed by atoms with Crippen molar-refractivity contribution in [1.82, 2.24) is 10.2 Å². The van der Waals surface area contributed by atoms with Crippen LogP contribution >= 0.6 is 23.2 Å². The summed E-state index contributed by atoms with van der Waals surface area (Å²) < 4.78 is 0. The zero-order chi connectivity index (χ0) is 18.1. The highest BCUT2D eigenvalue weighted by molar-refractivity contribution is 6.42. The highest BCUT2D eigenvalue weighted by atomic mass is 35.5. The SMILES string of the molecule is CCCNC(=O)C(CC)N(Cc1ccc(Cl)c(Cl)c1)C(=O)CCC. The van der Waals surface area contributed by atoms with Gasteiger partial charge in [0.05, 0.1) is 10.0 Å². The predicted molar refractivity (Wildman–Crippen MR) is 99.3 cm³/mol. The Kier molecular flexibility index (Phi) is 9.16. The van der Waals surface area contributed by atoms with Gasteiger partial charge in [-0.3, -0.25) is 9.59 Å². The van der Waals surface area contributed by atoms with E-state index < -0.39 is 6.04 Å². The number of hydrogen-bond donors (Lipinski definition) is 1. The molecule has 0 aliphatic rings. The van der Waals surface area contributed by atoms with Crippen molar-refractivity contribution in [2.45, 2.75) is 59.0 Å². The predicted octanol–water partition coefficient (Wildman–Crippen LogP) is 4.43. The molecular weight excluding hydrogens is 347 g/mol. The van der Waals surface area contributed by atoms with Crippen molar-refractivity contribution in [2.75, 3.05) is 6.54 Å². The van der Waals surface area contributed by atoms with Gasteiger partial charge in [0, 0.05) is 19.5 Å². The van der Waals surface area contributed by atoms with Gasteiger partial charge < -0.3 is 10.2 Å². The fourth-order valence-electron chi connectivity index (χ4n) is 2.48. The zero-order valence-corrected chi connectivity index (χ0v) is 16.1. The van der Waals surface area contributed by atoms with Crippen molar-refractivity contribution < 1.29 is 9.59 Å². The van der Waals surface area contributed by atoms with Gasteiger partial charge in [-0.15, -0.1) is 0 Å². The fraction of sp³-hybridized carbons (Fsp3) is 0.556. The Labute approximate surface area is 154 Å². The van der Waals surface area contributed by atoms with Crippen LogP contribution in [0.4, 0.5) is 0 Å². The zero-order valence-electron chi connectivity index (χ0n) is 14.6. The topological polar surface area (TPSA) is 49.4 Å². The second-order valence-electron chi connectivity index (χ2n) is 5.74. The first-order valence-electron chi connectivity index (χ1n) is 8.45. The minimum absolute atomic E-state index is 0.0259. The van der Waals surface area contributed by atoms with Gasteiger partial charge in [0.15, 0.2) is 0 Å². The lowest BCUT2D eigenvalue weighted by Crippen LogP contribution is -2.49. The van der Waals surface area contributed by atoms with Gasteiger partial charge in [-0.25, -0.2) is 0 Å². The van der Waals surface area contributed by atoms with Crippen molar-refractivity contribution in [3.63, 3.8) is 0 Å². The first-order valence-corrected chi connectivity index (χ1v) is 9.21. The van der Waals surface area contributed by atoms with Crippen LogP contribution < -0.4 is 5.32 Å². The second kappa shape index (κ2) is 10.6. The molecule has 1 aromatic rings.